The van der Waals surface area contributed by atoms with E-state index in [0.717, 1.165) is 35.6 Å². The molecule has 39 heavy (non-hydrogen) atoms. The molecular weight excluding hydrogens is 602 g/mol. The number of amides is 2. The van der Waals surface area contributed by atoms with E-state index in [1.54, 1.807) is 67.6 Å². The smallest absolute Gasteiger partial charge is 0.264 e. The van der Waals surface area contributed by atoms with Gasteiger partial charge in [0, 0.05) is 22.1 Å². The summed E-state index contributed by atoms with van der Waals surface area (Å²) in [7, 11) is -4.10. The molecule has 1 aliphatic carbocycles. The van der Waals surface area contributed by atoms with Gasteiger partial charge in [-0.25, -0.2) is 8.42 Å². The number of benzene rings is 3. The lowest BCUT2D eigenvalue weighted by Gasteiger charge is -2.32. The normalized spacial score (nSPS) is 14.5. The predicted molar refractivity (Wildman–Crippen MR) is 157 cm³/mol. The third kappa shape index (κ3) is 7.41. The third-order valence-corrected chi connectivity index (χ3v) is 9.33. The molecule has 0 bridgehead atoms. The zero-order chi connectivity index (χ0) is 28.0. The van der Waals surface area contributed by atoms with E-state index in [-0.39, 0.29) is 23.4 Å². The van der Waals surface area contributed by atoms with Crippen molar-refractivity contribution in [3.8, 4) is 0 Å². The summed E-state index contributed by atoms with van der Waals surface area (Å²) in [5.74, 6) is -0.777. The monoisotopic (exact) mass is 631 g/mol. The van der Waals surface area contributed by atoms with Gasteiger partial charge in [-0.2, -0.15) is 0 Å². The first-order valence-electron chi connectivity index (χ1n) is 12.8. The minimum atomic E-state index is -4.10. The zero-order valence-electron chi connectivity index (χ0n) is 21.6. The topological polar surface area (TPSA) is 86.8 Å². The molecule has 7 nitrogen and oxygen atoms in total. The van der Waals surface area contributed by atoms with Crippen molar-refractivity contribution in [3.63, 3.8) is 0 Å². The molecule has 0 heterocycles. The molecule has 2 amide bonds. The van der Waals surface area contributed by atoms with Gasteiger partial charge in [0.25, 0.3) is 10.0 Å². The van der Waals surface area contributed by atoms with Gasteiger partial charge >= 0.3 is 0 Å². The lowest BCUT2D eigenvalue weighted by Crippen LogP contribution is -2.52. The minimum absolute atomic E-state index is 0.0613. The Morgan fingerprint density at radius 3 is 2.36 bits per heavy atom. The molecule has 3 aromatic carbocycles. The number of nitrogens with zero attached hydrogens (tertiary/aromatic N) is 2. The average Bonchev–Trinajstić information content (AvgIpc) is 3.43. The van der Waals surface area contributed by atoms with Gasteiger partial charge in [-0.05, 0) is 67.8 Å². The zero-order valence-corrected chi connectivity index (χ0v) is 24.8. The largest absolute Gasteiger partial charge is 0.352 e. The van der Waals surface area contributed by atoms with Gasteiger partial charge in [0.2, 0.25) is 11.8 Å². The number of nitrogens with one attached hydrogen (secondary N) is 1. The molecule has 4 rings (SSSR count). The van der Waals surface area contributed by atoms with Gasteiger partial charge in [-0.15, -0.1) is 0 Å². The highest BCUT2D eigenvalue weighted by atomic mass is 79.9. The first-order chi connectivity index (χ1) is 18.6. The maximum Gasteiger partial charge on any atom is 0.264 e. The van der Waals surface area contributed by atoms with Crippen molar-refractivity contribution in [1.82, 2.24) is 10.2 Å². The number of hydrogen-bond donors (Lipinski definition) is 1. The third-order valence-electron chi connectivity index (χ3n) is 6.82. The van der Waals surface area contributed by atoms with E-state index in [4.69, 9.17) is 11.6 Å². The lowest BCUT2D eigenvalue weighted by atomic mass is 10.1. The Bertz CT molecular complexity index is 1410. The van der Waals surface area contributed by atoms with Gasteiger partial charge < -0.3 is 10.2 Å². The Labute approximate surface area is 243 Å². The van der Waals surface area contributed by atoms with Crippen LogP contribution in [0.3, 0.4) is 0 Å². The van der Waals surface area contributed by atoms with Crippen molar-refractivity contribution >= 4 is 55.1 Å². The highest BCUT2D eigenvalue weighted by Crippen LogP contribution is 2.27. The molecule has 1 fully saturated rings. The van der Waals surface area contributed by atoms with Crippen LogP contribution in [0.4, 0.5) is 5.69 Å². The molecule has 0 saturated heterocycles. The summed E-state index contributed by atoms with van der Waals surface area (Å²) in [6.07, 6.45) is 3.94. The quantitative estimate of drug-likeness (QED) is 0.307. The average molecular weight is 633 g/mol. The maximum atomic E-state index is 14.0. The van der Waals surface area contributed by atoms with Crippen LogP contribution in [-0.2, 0) is 26.2 Å². The molecule has 0 aromatic heterocycles. The van der Waals surface area contributed by atoms with Crippen LogP contribution in [-0.4, -0.2) is 43.8 Å². The number of hydrogen-bond acceptors (Lipinski definition) is 4. The van der Waals surface area contributed by atoms with Crippen LogP contribution in [0.5, 0.6) is 0 Å². The lowest BCUT2D eigenvalue weighted by molar-refractivity contribution is -0.139. The number of carbonyl (C=O) groups is 2. The minimum Gasteiger partial charge on any atom is -0.352 e. The van der Waals surface area contributed by atoms with Crippen molar-refractivity contribution in [1.29, 1.82) is 0 Å². The number of carbonyl (C=O) groups excluding carboxylic acids is 2. The molecular formula is C29H31BrClN3O4S. The molecule has 0 spiro atoms. The number of rotatable bonds is 10. The van der Waals surface area contributed by atoms with Crippen molar-refractivity contribution < 1.29 is 18.0 Å². The predicted octanol–water partition coefficient (Wildman–Crippen LogP) is 5.77. The summed E-state index contributed by atoms with van der Waals surface area (Å²) in [5.41, 5.74) is 1.06. The summed E-state index contributed by atoms with van der Waals surface area (Å²) in [4.78, 5) is 28.7. The van der Waals surface area contributed by atoms with Crippen LogP contribution >= 0.6 is 27.5 Å². The number of halogens is 2. The van der Waals surface area contributed by atoms with Crippen molar-refractivity contribution in [2.75, 3.05) is 10.8 Å². The fraction of sp³-hybridized carbons (Fsp3) is 0.310. The van der Waals surface area contributed by atoms with E-state index in [9.17, 15) is 18.0 Å². The van der Waals surface area contributed by atoms with Crippen LogP contribution in [0, 0.1) is 0 Å². The van der Waals surface area contributed by atoms with Crippen LogP contribution in [0.1, 0.15) is 38.2 Å². The fourth-order valence-electron chi connectivity index (χ4n) is 4.69. The second-order valence-corrected chi connectivity index (χ2v) is 12.8. The standard InChI is InChI=1S/C29H31BrClN3O4S/c1-21(29(36)32-25-12-5-6-13-25)33(19-22-9-7-11-24(31)17-22)28(35)20-34(26-14-8-10-23(30)18-26)39(37,38)27-15-3-2-4-16-27/h2-4,7-11,14-18,21,25H,5-6,12-13,19-20H2,1H3,(H,32,36)/t21-/m1/s1. The van der Waals surface area contributed by atoms with Gasteiger partial charge in [-0.1, -0.05) is 76.8 Å². The van der Waals surface area contributed by atoms with Gasteiger partial charge in [0.1, 0.15) is 12.6 Å². The maximum absolute atomic E-state index is 14.0. The Balaban J connectivity index is 1.68. The summed E-state index contributed by atoms with van der Waals surface area (Å²) in [5, 5.41) is 3.57. The Morgan fingerprint density at radius 2 is 1.69 bits per heavy atom. The number of sulfonamides is 1. The molecule has 1 aliphatic rings. The molecule has 10 heteroatoms. The summed E-state index contributed by atoms with van der Waals surface area (Å²) >= 11 is 9.60. The van der Waals surface area contributed by atoms with E-state index < -0.39 is 28.5 Å². The fourth-order valence-corrected chi connectivity index (χ4v) is 6.71. The van der Waals surface area contributed by atoms with E-state index in [1.165, 1.54) is 17.0 Å². The molecule has 1 N–H and O–H groups in total. The molecule has 0 radical (unpaired) electrons. The molecule has 206 valence electrons. The molecule has 3 aromatic rings. The molecule has 0 unspecified atom stereocenters. The Hall–Kier alpha value is -2.88. The van der Waals surface area contributed by atoms with Crippen molar-refractivity contribution in [2.24, 2.45) is 0 Å². The van der Waals surface area contributed by atoms with Crippen molar-refractivity contribution in [2.45, 2.75) is 56.1 Å². The SMILES string of the molecule is C[C@H](C(=O)NC1CCCC1)N(Cc1cccc(Cl)c1)C(=O)CN(c1cccc(Br)c1)S(=O)(=O)c1ccccc1. The van der Waals surface area contributed by atoms with Gasteiger partial charge in [-0.3, -0.25) is 13.9 Å². The molecule has 1 saturated carbocycles. The van der Waals surface area contributed by atoms with Crippen LogP contribution in [0.25, 0.3) is 0 Å². The van der Waals surface area contributed by atoms with Gasteiger partial charge in [0.15, 0.2) is 0 Å². The van der Waals surface area contributed by atoms with E-state index >= 15 is 0 Å². The summed E-state index contributed by atoms with van der Waals surface area (Å²) in [6, 6.07) is 21.1. The Kier molecular flexibility index (Phi) is 9.69. The van der Waals surface area contributed by atoms with E-state index in [0.29, 0.717) is 15.2 Å². The van der Waals surface area contributed by atoms with Crippen LogP contribution in [0.15, 0.2) is 88.2 Å². The first-order valence-corrected chi connectivity index (χ1v) is 15.4. The van der Waals surface area contributed by atoms with E-state index in [1.807, 2.05) is 6.07 Å². The Morgan fingerprint density at radius 1 is 1.00 bits per heavy atom. The summed E-state index contributed by atoms with van der Waals surface area (Å²) < 4.78 is 29.3. The van der Waals surface area contributed by atoms with Crippen LogP contribution in [0.2, 0.25) is 5.02 Å². The molecule has 0 aliphatic heterocycles. The van der Waals surface area contributed by atoms with E-state index in [2.05, 4.69) is 21.2 Å². The van der Waals surface area contributed by atoms with Crippen molar-refractivity contribution in [3.05, 3.63) is 93.9 Å². The summed E-state index contributed by atoms with van der Waals surface area (Å²) in [6.45, 7) is 1.27. The highest BCUT2D eigenvalue weighted by Gasteiger charge is 2.33. The van der Waals surface area contributed by atoms with Gasteiger partial charge in [0.05, 0.1) is 10.6 Å². The van der Waals surface area contributed by atoms with Crippen LogP contribution < -0.4 is 9.62 Å². The molecule has 1 atom stereocenters. The second-order valence-electron chi connectivity index (χ2n) is 9.62. The first kappa shape index (κ1) is 29.1. The second kappa shape index (κ2) is 13.0. The number of anilines is 1. The highest BCUT2D eigenvalue weighted by molar-refractivity contribution is 9.10.